The Morgan fingerprint density at radius 3 is 2.65 bits per heavy atom. The van der Waals surface area contributed by atoms with Gasteiger partial charge in [-0.3, -0.25) is 5.10 Å². The third-order valence-electron chi connectivity index (χ3n) is 2.40. The van der Waals surface area contributed by atoms with Crippen LogP contribution in [0.3, 0.4) is 0 Å². The number of aromatic nitrogens is 2. The van der Waals surface area contributed by atoms with Crippen molar-refractivity contribution in [2.45, 2.75) is 24.7 Å². The fourth-order valence-electron chi connectivity index (χ4n) is 1.45. The van der Waals surface area contributed by atoms with Gasteiger partial charge < -0.3 is 4.90 Å². The van der Waals surface area contributed by atoms with Gasteiger partial charge in [-0.2, -0.15) is 5.10 Å². The maximum Gasteiger partial charge on any atom is 0.243 e. The Kier molecular flexibility index (Phi) is 5.10. The highest BCUT2D eigenvalue weighted by atomic mass is 32.2. The largest absolute Gasteiger partial charge is 0.309 e. The quantitative estimate of drug-likeness (QED) is 0.693. The number of hydrogen-bond acceptors (Lipinski definition) is 4. The lowest BCUT2D eigenvalue weighted by atomic mass is 10.3. The summed E-state index contributed by atoms with van der Waals surface area (Å²) in [5.41, 5.74) is 0.561. The second-order valence-electron chi connectivity index (χ2n) is 4.27. The van der Waals surface area contributed by atoms with E-state index in [0.29, 0.717) is 12.2 Å². The SMILES string of the molecule is Cc1[nH]ncc1S(=O)(=O)NCCCCN(C)C. The zero-order valence-electron chi connectivity index (χ0n) is 10.5. The Labute approximate surface area is 102 Å². The predicted molar refractivity (Wildman–Crippen MR) is 66.3 cm³/mol. The van der Waals surface area contributed by atoms with E-state index in [1.807, 2.05) is 14.1 Å². The van der Waals surface area contributed by atoms with Gasteiger partial charge in [0.25, 0.3) is 0 Å². The molecule has 6 nitrogen and oxygen atoms in total. The molecule has 0 unspecified atom stereocenters. The van der Waals surface area contributed by atoms with Crippen molar-refractivity contribution < 1.29 is 8.42 Å². The van der Waals surface area contributed by atoms with Crippen LogP contribution in [-0.4, -0.2) is 50.7 Å². The van der Waals surface area contributed by atoms with Crippen LogP contribution < -0.4 is 4.72 Å². The lowest BCUT2D eigenvalue weighted by molar-refractivity contribution is 0.394. The van der Waals surface area contributed by atoms with Crippen molar-refractivity contribution >= 4 is 10.0 Å². The molecule has 0 radical (unpaired) electrons. The summed E-state index contributed by atoms with van der Waals surface area (Å²) in [6, 6.07) is 0. The second-order valence-corrected chi connectivity index (χ2v) is 6.00. The summed E-state index contributed by atoms with van der Waals surface area (Å²) in [5, 5.41) is 6.32. The van der Waals surface area contributed by atoms with E-state index in [1.165, 1.54) is 6.20 Å². The fourth-order valence-corrected chi connectivity index (χ4v) is 2.66. The summed E-state index contributed by atoms with van der Waals surface area (Å²) in [5.74, 6) is 0. The maximum absolute atomic E-state index is 11.8. The van der Waals surface area contributed by atoms with E-state index >= 15 is 0 Å². The Bertz CT molecular complexity index is 439. The van der Waals surface area contributed by atoms with E-state index in [-0.39, 0.29) is 4.90 Å². The van der Waals surface area contributed by atoms with Crippen molar-refractivity contribution in [2.75, 3.05) is 27.2 Å². The Hall–Kier alpha value is -0.920. The van der Waals surface area contributed by atoms with E-state index in [9.17, 15) is 8.42 Å². The minimum atomic E-state index is -3.41. The van der Waals surface area contributed by atoms with Gasteiger partial charge >= 0.3 is 0 Å². The summed E-state index contributed by atoms with van der Waals surface area (Å²) in [7, 11) is 0.592. The number of nitrogens with one attached hydrogen (secondary N) is 2. The van der Waals surface area contributed by atoms with Crippen molar-refractivity contribution in [3.63, 3.8) is 0 Å². The molecular formula is C10H20N4O2S. The molecule has 17 heavy (non-hydrogen) atoms. The predicted octanol–water partition coefficient (Wildman–Crippen LogP) is 0.338. The Balaban J connectivity index is 2.39. The van der Waals surface area contributed by atoms with Gasteiger partial charge in [0.2, 0.25) is 10.0 Å². The molecule has 0 saturated heterocycles. The highest BCUT2D eigenvalue weighted by Gasteiger charge is 2.17. The van der Waals surface area contributed by atoms with Gasteiger partial charge in [0.1, 0.15) is 4.90 Å². The highest BCUT2D eigenvalue weighted by molar-refractivity contribution is 7.89. The molecule has 0 aromatic carbocycles. The smallest absolute Gasteiger partial charge is 0.243 e. The first-order valence-electron chi connectivity index (χ1n) is 5.58. The van der Waals surface area contributed by atoms with Crippen molar-refractivity contribution in [3.8, 4) is 0 Å². The van der Waals surface area contributed by atoms with Crippen LogP contribution in [0.25, 0.3) is 0 Å². The van der Waals surface area contributed by atoms with Gasteiger partial charge in [-0.1, -0.05) is 0 Å². The Morgan fingerprint density at radius 2 is 2.12 bits per heavy atom. The third kappa shape index (κ3) is 4.45. The number of sulfonamides is 1. The minimum absolute atomic E-state index is 0.227. The van der Waals surface area contributed by atoms with Crippen molar-refractivity contribution in [1.82, 2.24) is 19.8 Å². The first-order valence-corrected chi connectivity index (χ1v) is 7.06. The number of H-pyrrole nitrogens is 1. The minimum Gasteiger partial charge on any atom is -0.309 e. The number of unbranched alkanes of at least 4 members (excludes halogenated alkanes) is 1. The summed E-state index contributed by atoms with van der Waals surface area (Å²) in [4.78, 5) is 2.31. The fraction of sp³-hybridized carbons (Fsp3) is 0.700. The van der Waals surface area contributed by atoms with Gasteiger partial charge in [0, 0.05) is 6.54 Å². The number of aromatic amines is 1. The molecule has 1 rings (SSSR count). The van der Waals surface area contributed by atoms with Crippen LogP contribution in [0.1, 0.15) is 18.5 Å². The molecule has 0 atom stereocenters. The molecule has 0 saturated carbocycles. The van der Waals surface area contributed by atoms with E-state index in [4.69, 9.17) is 0 Å². The third-order valence-corrected chi connectivity index (χ3v) is 3.97. The number of rotatable bonds is 7. The second kappa shape index (κ2) is 6.13. The molecule has 0 amide bonds. The van der Waals surface area contributed by atoms with E-state index in [2.05, 4.69) is 19.8 Å². The standard InChI is InChI=1S/C10H20N4O2S/c1-9-10(8-11-13-9)17(15,16)12-6-4-5-7-14(2)3/h8,12H,4-7H2,1-3H3,(H,11,13). The summed E-state index contributed by atoms with van der Waals surface area (Å²) in [6.45, 7) is 3.11. The first kappa shape index (κ1) is 14.1. The monoisotopic (exact) mass is 260 g/mol. The lowest BCUT2D eigenvalue weighted by Crippen LogP contribution is -2.25. The molecule has 0 aliphatic heterocycles. The van der Waals surface area contributed by atoms with Crippen LogP contribution in [0.2, 0.25) is 0 Å². The van der Waals surface area contributed by atoms with E-state index in [0.717, 1.165) is 19.4 Å². The zero-order valence-corrected chi connectivity index (χ0v) is 11.3. The van der Waals surface area contributed by atoms with E-state index < -0.39 is 10.0 Å². The van der Waals surface area contributed by atoms with Crippen LogP contribution in [-0.2, 0) is 10.0 Å². The molecule has 0 spiro atoms. The molecule has 7 heteroatoms. The summed E-state index contributed by atoms with van der Waals surface area (Å²) in [6.07, 6.45) is 3.13. The van der Waals surface area contributed by atoms with Crippen LogP contribution in [0.5, 0.6) is 0 Å². The number of nitrogens with zero attached hydrogens (tertiary/aromatic N) is 2. The van der Waals surface area contributed by atoms with Crippen molar-refractivity contribution in [2.24, 2.45) is 0 Å². The molecule has 2 N–H and O–H groups in total. The molecule has 0 aliphatic carbocycles. The van der Waals surface area contributed by atoms with Gasteiger partial charge in [-0.25, -0.2) is 13.1 Å². The van der Waals surface area contributed by atoms with Crippen molar-refractivity contribution in [1.29, 1.82) is 0 Å². The molecule has 0 fully saturated rings. The molecule has 1 aromatic rings. The lowest BCUT2D eigenvalue weighted by Gasteiger charge is -2.09. The average Bonchev–Trinajstić information content (AvgIpc) is 2.64. The zero-order chi connectivity index (χ0) is 12.9. The van der Waals surface area contributed by atoms with Crippen molar-refractivity contribution in [3.05, 3.63) is 11.9 Å². The normalized spacial score (nSPS) is 12.2. The van der Waals surface area contributed by atoms with E-state index in [1.54, 1.807) is 6.92 Å². The number of aryl methyl sites for hydroxylation is 1. The number of hydrogen-bond donors (Lipinski definition) is 2. The van der Waals surface area contributed by atoms with Gasteiger partial charge in [0.05, 0.1) is 11.9 Å². The highest BCUT2D eigenvalue weighted by Crippen LogP contribution is 2.10. The maximum atomic E-state index is 11.8. The topological polar surface area (TPSA) is 78.1 Å². The van der Waals surface area contributed by atoms with Crippen LogP contribution in [0.4, 0.5) is 0 Å². The summed E-state index contributed by atoms with van der Waals surface area (Å²) < 4.78 is 26.2. The van der Waals surface area contributed by atoms with Gasteiger partial charge in [-0.15, -0.1) is 0 Å². The van der Waals surface area contributed by atoms with Gasteiger partial charge in [0.15, 0.2) is 0 Å². The summed E-state index contributed by atoms with van der Waals surface area (Å²) >= 11 is 0. The Morgan fingerprint density at radius 1 is 1.41 bits per heavy atom. The molecule has 1 aromatic heterocycles. The van der Waals surface area contributed by atoms with Crippen LogP contribution in [0.15, 0.2) is 11.1 Å². The van der Waals surface area contributed by atoms with Gasteiger partial charge in [-0.05, 0) is 40.4 Å². The molecular weight excluding hydrogens is 240 g/mol. The molecule has 0 bridgehead atoms. The molecule has 0 aliphatic rings. The first-order chi connectivity index (χ1) is 7.93. The van der Waals surface area contributed by atoms with Crippen LogP contribution >= 0.6 is 0 Å². The molecule has 98 valence electrons. The molecule has 1 heterocycles. The van der Waals surface area contributed by atoms with Crippen LogP contribution in [0, 0.1) is 6.92 Å². The average molecular weight is 260 g/mol.